The molecule has 2 rings (SSSR count). The first-order valence-electron chi connectivity index (χ1n) is 7.23. The van der Waals surface area contributed by atoms with E-state index in [1.54, 1.807) is 0 Å². The van der Waals surface area contributed by atoms with Gasteiger partial charge in [-0.2, -0.15) is 0 Å². The Labute approximate surface area is 116 Å². The first-order chi connectivity index (χ1) is 9.24. The van der Waals surface area contributed by atoms with Gasteiger partial charge in [-0.1, -0.05) is 6.92 Å². The smallest absolute Gasteiger partial charge is 0.0747 e. The van der Waals surface area contributed by atoms with Crippen molar-refractivity contribution in [2.75, 3.05) is 13.1 Å². The fourth-order valence-corrected chi connectivity index (χ4v) is 2.84. The number of likely N-dealkylation sites (N-methyl/N-ethyl adjacent to an activating group) is 1. The van der Waals surface area contributed by atoms with E-state index in [0.29, 0.717) is 18.7 Å². The Morgan fingerprint density at radius 1 is 1.42 bits per heavy atom. The SMILES string of the molecule is CCN(Cc1ccncc1)C(CN)C1CCC(C)O1. The van der Waals surface area contributed by atoms with Crippen LogP contribution in [-0.2, 0) is 11.3 Å². The van der Waals surface area contributed by atoms with Gasteiger partial charge in [0, 0.05) is 31.5 Å². The maximum Gasteiger partial charge on any atom is 0.0747 e. The molecule has 1 saturated heterocycles. The Kier molecular flexibility index (Phi) is 5.31. The summed E-state index contributed by atoms with van der Waals surface area (Å²) in [6.07, 6.45) is 6.60. The molecule has 2 heterocycles. The van der Waals surface area contributed by atoms with Crippen molar-refractivity contribution in [1.82, 2.24) is 9.88 Å². The van der Waals surface area contributed by atoms with Crippen molar-refractivity contribution in [3.05, 3.63) is 30.1 Å². The predicted molar refractivity (Wildman–Crippen MR) is 76.7 cm³/mol. The highest BCUT2D eigenvalue weighted by atomic mass is 16.5. The molecule has 3 unspecified atom stereocenters. The van der Waals surface area contributed by atoms with Crippen LogP contribution in [0.2, 0.25) is 0 Å². The summed E-state index contributed by atoms with van der Waals surface area (Å²) in [5, 5.41) is 0. The summed E-state index contributed by atoms with van der Waals surface area (Å²) in [5.41, 5.74) is 7.27. The molecule has 3 atom stereocenters. The maximum absolute atomic E-state index is 6.00. The molecule has 2 N–H and O–H groups in total. The fraction of sp³-hybridized carbons (Fsp3) is 0.667. The van der Waals surface area contributed by atoms with Crippen LogP contribution in [0.3, 0.4) is 0 Å². The average Bonchev–Trinajstić information content (AvgIpc) is 2.86. The normalized spacial score (nSPS) is 24.8. The minimum absolute atomic E-state index is 0.279. The third-order valence-corrected chi connectivity index (χ3v) is 3.95. The van der Waals surface area contributed by atoms with E-state index < -0.39 is 0 Å². The van der Waals surface area contributed by atoms with Crippen LogP contribution in [0, 0.1) is 0 Å². The summed E-state index contributed by atoms with van der Waals surface area (Å²) in [7, 11) is 0. The van der Waals surface area contributed by atoms with Crippen molar-refractivity contribution >= 4 is 0 Å². The molecule has 0 aliphatic carbocycles. The van der Waals surface area contributed by atoms with Crippen LogP contribution in [0.1, 0.15) is 32.3 Å². The summed E-state index contributed by atoms with van der Waals surface area (Å²) < 4.78 is 6.00. The molecule has 106 valence electrons. The lowest BCUT2D eigenvalue weighted by molar-refractivity contribution is -0.00539. The topological polar surface area (TPSA) is 51.4 Å². The van der Waals surface area contributed by atoms with Crippen LogP contribution < -0.4 is 5.73 Å². The highest BCUT2D eigenvalue weighted by Crippen LogP contribution is 2.25. The quantitative estimate of drug-likeness (QED) is 0.850. The summed E-state index contributed by atoms with van der Waals surface area (Å²) in [4.78, 5) is 6.48. The van der Waals surface area contributed by atoms with Crippen LogP contribution in [0.15, 0.2) is 24.5 Å². The van der Waals surface area contributed by atoms with Gasteiger partial charge in [0.25, 0.3) is 0 Å². The van der Waals surface area contributed by atoms with E-state index in [9.17, 15) is 0 Å². The molecule has 4 heteroatoms. The van der Waals surface area contributed by atoms with Crippen LogP contribution in [-0.4, -0.2) is 41.2 Å². The molecule has 1 aliphatic rings. The van der Waals surface area contributed by atoms with Gasteiger partial charge in [-0.3, -0.25) is 9.88 Å². The van der Waals surface area contributed by atoms with Crippen molar-refractivity contribution in [3.63, 3.8) is 0 Å². The zero-order valence-corrected chi connectivity index (χ0v) is 12.0. The number of ether oxygens (including phenoxy) is 1. The highest BCUT2D eigenvalue weighted by Gasteiger charge is 2.32. The fourth-order valence-electron chi connectivity index (χ4n) is 2.84. The van der Waals surface area contributed by atoms with Crippen molar-refractivity contribution in [1.29, 1.82) is 0 Å². The maximum atomic E-state index is 6.00. The van der Waals surface area contributed by atoms with E-state index in [-0.39, 0.29) is 6.10 Å². The zero-order valence-electron chi connectivity index (χ0n) is 12.0. The number of nitrogens with zero attached hydrogens (tertiary/aromatic N) is 2. The molecule has 1 fully saturated rings. The minimum Gasteiger partial charge on any atom is -0.374 e. The number of pyridine rings is 1. The molecule has 0 radical (unpaired) electrons. The van der Waals surface area contributed by atoms with Gasteiger partial charge in [0.15, 0.2) is 0 Å². The van der Waals surface area contributed by atoms with Gasteiger partial charge in [0.1, 0.15) is 0 Å². The largest absolute Gasteiger partial charge is 0.374 e. The van der Waals surface area contributed by atoms with Crippen molar-refractivity contribution in [2.45, 2.75) is 51.5 Å². The van der Waals surface area contributed by atoms with E-state index in [4.69, 9.17) is 10.5 Å². The van der Waals surface area contributed by atoms with Gasteiger partial charge in [-0.25, -0.2) is 0 Å². The summed E-state index contributed by atoms with van der Waals surface area (Å²) in [5.74, 6) is 0. The second-order valence-corrected chi connectivity index (χ2v) is 5.28. The molecular formula is C15H25N3O. The summed E-state index contributed by atoms with van der Waals surface area (Å²) in [6, 6.07) is 4.44. The Morgan fingerprint density at radius 3 is 2.68 bits per heavy atom. The molecular weight excluding hydrogens is 238 g/mol. The highest BCUT2D eigenvalue weighted by molar-refractivity contribution is 5.09. The van der Waals surface area contributed by atoms with Crippen LogP contribution >= 0.6 is 0 Å². The van der Waals surface area contributed by atoms with Crippen molar-refractivity contribution < 1.29 is 4.74 Å². The van der Waals surface area contributed by atoms with E-state index in [1.807, 2.05) is 12.4 Å². The second kappa shape index (κ2) is 6.98. The van der Waals surface area contributed by atoms with Gasteiger partial charge in [-0.05, 0) is 44.0 Å². The van der Waals surface area contributed by atoms with Gasteiger partial charge in [0.05, 0.1) is 12.2 Å². The first kappa shape index (κ1) is 14.4. The predicted octanol–water partition coefficient (Wildman–Crippen LogP) is 1.80. The van der Waals surface area contributed by atoms with E-state index in [2.05, 4.69) is 35.9 Å². The summed E-state index contributed by atoms with van der Waals surface area (Å²) in [6.45, 7) is 6.87. The van der Waals surface area contributed by atoms with Gasteiger partial charge in [-0.15, -0.1) is 0 Å². The lowest BCUT2D eigenvalue weighted by Crippen LogP contribution is -2.47. The number of hydrogen-bond donors (Lipinski definition) is 1. The number of aromatic nitrogens is 1. The molecule has 4 nitrogen and oxygen atoms in total. The third-order valence-electron chi connectivity index (χ3n) is 3.95. The molecule has 0 bridgehead atoms. The van der Waals surface area contributed by atoms with Crippen molar-refractivity contribution in [3.8, 4) is 0 Å². The van der Waals surface area contributed by atoms with Gasteiger partial charge in [0.2, 0.25) is 0 Å². The number of nitrogens with two attached hydrogens (primary N) is 1. The Morgan fingerprint density at radius 2 is 2.16 bits per heavy atom. The lowest BCUT2D eigenvalue weighted by atomic mass is 10.0. The van der Waals surface area contributed by atoms with Crippen LogP contribution in [0.25, 0.3) is 0 Å². The molecule has 0 amide bonds. The van der Waals surface area contributed by atoms with Gasteiger partial charge < -0.3 is 10.5 Å². The van der Waals surface area contributed by atoms with E-state index in [1.165, 1.54) is 5.56 Å². The average molecular weight is 263 g/mol. The second-order valence-electron chi connectivity index (χ2n) is 5.28. The Bertz CT molecular complexity index is 371. The molecule has 0 spiro atoms. The zero-order chi connectivity index (χ0) is 13.7. The van der Waals surface area contributed by atoms with Crippen LogP contribution in [0.5, 0.6) is 0 Å². The third kappa shape index (κ3) is 3.75. The van der Waals surface area contributed by atoms with Gasteiger partial charge >= 0.3 is 0 Å². The Balaban J connectivity index is 2.02. The van der Waals surface area contributed by atoms with E-state index in [0.717, 1.165) is 25.9 Å². The molecule has 0 saturated carbocycles. The minimum atomic E-state index is 0.279. The van der Waals surface area contributed by atoms with Crippen LogP contribution in [0.4, 0.5) is 0 Å². The monoisotopic (exact) mass is 263 g/mol. The van der Waals surface area contributed by atoms with E-state index >= 15 is 0 Å². The molecule has 1 aromatic rings. The number of rotatable bonds is 6. The number of hydrogen-bond acceptors (Lipinski definition) is 4. The molecule has 19 heavy (non-hydrogen) atoms. The summed E-state index contributed by atoms with van der Waals surface area (Å²) >= 11 is 0. The first-order valence-corrected chi connectivity index (χ1v) is 7.23. The van der Waals surface area contributed by atoms with Crippen molar-refractivity contribution in [2.24, 2.45) is 5.73 Å². The standard InChI is InChI=1S/C15H25N3O/c1-3-18(11-13-6-8-17-9-7-13)14(10-16)15-5-4-12(2)19-15/h6-9,12,14-15H,3-5,10-11,16H2,1-2H3. The molecule has 0 aromatic carbocycles. The molecule has 1 aliphatic heterocycles. The Hall–Kier alpha value is -0.970. The lowest BCUT2D eigenvalue weighted by Gasteiger charge is -2.33. The molecule has 1 aromatic heterocycles.